The van der Waals surface area contributed by atoms with Gasteiger partial charge in [-0.3, -0.25) is 9.59 Å². The minimum Gasteiger partial charge on any atom is -0.507 e. The van der Waals surface area contributed by atoms with Gasteiger partial charge >= 0.3 is 0 Å². The number of methoxy groups -OCH3 is 1. The highest BCUT2D eigenvalue weighted by molar-refractivity contribution is 6.46. The first kappa shape index (κ1) is 22.7. The van der Waals surface area contributed by atoms with Crippen molar-refractivity contribution in [2.24, 2.45) is 0 Å². The lowest BCUT2D eigenvalue weighted by atomic mass is 9.94. The number of carbonyl (C=O) groups is 2. The molecule has 1 N–H and O–H groups in total. The molecule has 0 spiro atoms. The van der Waals surface area contributed by atoms with E-state index < -0.39 is 17.7 Å². The van der Waals surface area contributed by atoms with Gasteiger partial charge in [0.2, 0.25) is 0 Å². The second kappa shape index (κ2) is 9.54. The quantitative estimate of drug-likeness (QED) is 0.393. The maximum Gasteiger partial charge on any atom is 0.295 e. The molecule has 2 aliphatic rings. The van der Waals surface area contributed by atoms with Crippen LogP contribution in [0, 0.1) is 0 Å². The van der Waals surface area contributed by atoms with Gasteiger partial charge in [-0.2, -0.15) is 0 Å². The summed E-state index contributed by atoms with van der Waals surface area (Å²) in [5, 5.41) is 11.3. The molecule has 33 heavy (non-hydrogen) atoms. The average Bonchev–Trinajstić information content (AvgIpc) is 3.08. The number of Topliss-reactive ketones (excluding diaryl/α,β-unsaturated/α-hetero) is 1. The predicted molar refractivity (Wildman–Crippen MR) is 123 cm³/mol. The zero-order chi connectivity index (χ0) is 23.5. The maximum absolute atomic E-state index is 13.2. The fourth-order valence-corrected chi connectivity index (χ4v) is 4.23. The van der Waals surface area contributed by atoms with Crippen molar-refractivity contribution in [3.8, 4) is 17.2 Å². The molecule has 0 aliphatic carbocycles. The van der Waals surface area contributed by atoms with Crippen LogP contribution in [0.3, 0.4) is 0 Å². The minimum atomic E-state index is -0.767. The monoisotopic (exact) mass is 452 g/mol. The molecule has 0 bridgehead atoms. The molecule has 1 fully saturated rings. The Labute approximate surface area is 193 Å². The number of nitrogens with zero attached hydrogens (tertiary/aromatic N) is 2. The number of carbonyl (C=O) groups excluding carboxylic acids is 2. The summed E-state index contributed by atoms with van der Waals surface area (Å²) in [7, 11) is 5.44. The number of rotatable bonds is 7. The Morgan fingerprint density at radius 3 is 2.58 bits per heavy atom. The third-order valence-corrected chi connectivity index (χ3v) is 5.79. The number of fused-ring (bicyclic) bond motifs is 1. The van der Waals surface area contributed by atoms with Gasteiger partial charge in [-0.15, -0.1) is 0 Å². The fraction of sp³-hybridized carbons (Fsp3) is 0.360. The lowest BCUT2D eigenvalue weighted by Gasteiger charge is -2.27. The van der Waals surface area contributed by atoms with E-state index in [-0.39, 0.29) is 11.3 Å². The SMILES string of the molecule is COc1ccccc1[C@@H]1C(=C(O)c2ccc3c(c2)OCCO3)C(=O)C(=O)N1CCCN(C)C. The minimum absolute atomic E-state index is 0.0334. The van der Waals surface area contributed by atoms with Crippen molar-refractivity contribution < 1.29 is 28.9 Å². The van der Waals surface area contributed by atoms with Crippen molar-refractivity contribution >= 4 is 17.4 Å². The number of aliphatic hydroxyl groups excluding tert-OH is 1. The second-order valence-electron chi connectivity index (χ2n) is 8.25. The van der Waals surface area contributed by atoms with Crippen molar-refractivity contribution in [3.63, 3.8) is 0 Å². The Morgan fingerprint density at radius 1 is 1.12 bits per heavy atom. The van der Waals surface area contributed by atoms with E-state index in [1.165, 1.54) is 12.0 Å². The number of hydrogen-bond donors (Lipinski definition) is 1. The molecular weight excluding hydrogens is 424 g/mol. The number of para-hydroxylation sites is 1. The summed E-state index contributed by atoms with van der Waals surface area (Å²) >= 11 is 0. The molecule has 0 aromatic heterocycles. The van der Waals surface area contributed by atoms with Crippen LogP contribution in [0.4, 0.5) is 0 Å². The van der Waals surface area contributed by atoms with Crippen LogP contribution in [-0.4, -0.2) is 74.1 Å². The van der Waals surface area contributed by atoms with Gasteiger partial charge in [-0.25, -0.2) is 0 Å². The van der Waals surface area contributed by atoms with Gasteiger partial charge in [-0.05, 0) is 51.3 Å². The molecule has 8 nitrogen and oxygen atoms in total. The number of hydrogen-bond acceptors (Lipinski definition) is 7. The molecule has 1 amide bonds. The number of ketones is 1. The molecule has 2 aliphatic heterocycles. The van der Waals surface area contributed by atoms with Gasteiger partial charge in [0.1, 0.15) is 24.7 Å². The summed E-state index contributed by atoms with van der Waals surface area (Å²) in [5.74, 6) is -0.0131. The van der Waals surface area contributed by atoms with Crippen molar-refractivity contribution in [2.75, 3.05) is 47.5 Å². The van der Waals surface area contributed by atoms with Gasteiger partial charge in [0.15, 0.2) is 11.5 Å². The smallest absolute Gasteiger partial charge is 0.295 e. The van der Waals surface area contributed by atoms with Crippen LogP contribution in [-0.2, 0) is 9.59 Å². The van der Waals surface area contributed by atoms with Crippen LogP contribution in [0.25, 0.3) is 5.76 Å². The number of benzene rings is 2. The summed E-state index contributed by atoms with van der Waals surface area (Å²) in [5.41, 5.74) is 1.06. The summed E-state index contributed by atoms with van der Waals surface area (Å²) < 4.78 is 16.7. The second-order valence-corrected chi connectivity index (χ2v) is 8.25. The zero-order valence-electron chi connectivity index (χ0n) is 19.0. The number of aliphatic hydroxyl groups is 1. The molecule has 2 aromatic rings. The van der Waals surface area contributed by atoms with E-state index in [0.717, 1.165) is 6.54 Å². The third-order valence-electron chi connectivity index (χ3n) is 5.79. The van der Waals surface area contributed by atoms with E-state index in [2.05, 4.69) is 0 Å². The summed E-state index contributed by atoms with van der Waals surface area (Å²) in [6.45, 7) is 1.96. The van der Waals surface area contributed by atoms with Gasteiger partial charge in [-0.1, -0.05) is 18.2 Å². The van der Waals surface area contributed by atoms with E-state index in [1.807, 2.05) is 37.2 Å². The maximum atomic E-state index is 13.2. The van der Waals surface area contributed by atoms with Crippen LogP contribution in [0.15, 0.2) is 48.0 Å². The number of likely N-dealkylation sites (tertiary alicyclic amines) is 1. The molecule has 2 aromatic carbocycles. The normalized spacial score (nSPS) is 19.3. The first-order valence-electron chi connectivity index (χ1n) is 10.9. The molecular formula is C25H28N2O6. The molecule has 0 unspecified atom stereocenters. The van der Waals surface area contributed by atoms with Gasteiger partial charge in [0.05, 0.1) is 18.7 Å². The topological polar surface area (TPSA) is 88.5 Å². The van der Waals surface area contributed by atoms with Gasteiger partial charge in [0, 0.05) is 17.7 Å². The van der Waals surface area contributed by atoms with Gasteiger partial charge < -0.3 is 29.1 Å². The van der Waals surface area contributed by atoms with Crippen molar-refractivity contribution in [3.05, 3.63) is 59.2 Å². The van der Waals surface area contributed by atoms with Crippen LogP contribution in [0.1, 0.15) is 23.6 Å². The van der Waals surface area contributed by atoms with Crippen LogP contribution in [0.2, 0.25) is 0 Å². The first-order chi connectivity index (χ1) is 15.9. The van der Waals surface area contributed by atoms with E-state index in [0.29, 0.717) is 54.6 Å². The van der Waals surface area contributed by atoms with Crippen molar-refractivity contribution in [1.29, 1.82) is 0 Å². The van der Waals surface area contributed by atoms with Crippen molar-refractivity contribution in [1.82, 2.24) is 9.80 Å². The van der Waals surface area contributed by atoms with E-state index in [4.69, 9.17) is 14.2 Å². The van der Waals surface area contributed by atoms with Gasteiger partial charge in [0.25, 0.3) is 11.7 Å². The van der Waals surface area contributed by atoms with Crippen LogP contribution >= 0.6 is 0 Å². The average molecular weight is 453 g/mol. The molecule has 8 heteroatoms. The van der Waals surface area contributed by atoms with Crippen LogP contribution < -0.4 is 14.2 Å². The Balaban J connectivity index is 1.82. The van der Waals surface area contributed by atoms with Crippen molar-refractivity contribution in [2.45, 2.75) is 12.5 Å². The standard InChI is InChI=1S/C25H28N2O6/c1-26(2)11-6-12-27-22(17-7-4-5-8-18(17)31-3)21(24(29)25(27)30)23(28)16-9-10-19-20(15-16)33-14-13-32-19/h4-5,7-10,15,22,28H,6,11-14H2,1-3H3/t22-/m1/s1. The molecule has 1 atom stereocenters. The molecule has 4 rings (SSSR count). The van der Waals surface area contributed by atoms with E-state index in [1.54, 1.807) is 24.3 Å². The van der Waals surface area contributed by atoms with Crippen LogP contribution in [0.5, 0.6) is 17.2 Å². The summed E-state index contributed by atoms with van der Waals surface area (Å²) in [4.78, 5) is 29.8. The molecule has 174 valence electrons. The largest absolute Gasteiger partial charge is 0.507 e. The predicted octanol–water partition coefficient (Wildman–Crippen LogP) is 2.84. The molecule has 0 saturated carbocycles. The number of amides is 1. The third kappa shape index (κ3) is 4.39. The van der Waals surface area contributed by atoms with E-state index in [9.17, 15) is 14.7 Å². The Morgan fingerprint density at radius 2 is 1.85 bits per heavy atom. The lowest BCUT2D eigenvalue weighted by molar-refractivity contribution is -0.140. The highest BCUT2D eigenvalue weighted by Crippen LogP contribution is 2.43. The molecule has 1 saturated heterocycles. The molecule has 2 heterocycles. The Kier molecular flexibility index (Phi) is 6.55. The summed E-state index contributed by atoms with van der Waals surface area (Å²) in [6, 6.07) is 11.4. The highest BCUT2D eigenvalue weighted by atomic mass is 16.6. The zero-order valence-corrected chi connectivity index (χ0v) is 19.0. The fourth-order valence-electron chi connectivity index (χ4n) is 4.23. The summed E-state index contributed by atoms with van der Waals surface area (Å²) in [6.07, 6.45) is 0.676. The highest BCUT2D eigenvalue weighted by Gasteiger charge is 2.46. The number of ether oxygens (including phenoxy) is 3. The Hall–Kier alpha value is -3.52. The Bertz CT molecular complexity index is 1090. The first-order valence-corrected chi connectivity index (χ1v) is 10.9. The molecule has 0 radical (unpaired) electrons. The van der Waals surface area contributed by atoms with E-state index >= 15 is 0 Å². The lowest BCUT2D eigenvalue weighted by Crippen LogP contribution is -2.32.